The van der Waals surface area contributed by atoms with Gasteiger partial charge in [0.1, 0.15) is 0 Å². The van der Waals surface area contributed by atoms with Crippen LogP contribution in [0.3, 0.4) is 0 Å². The van der Waals surface area contributed by atoms with Crippen LogP contribution in [0.1, 0.15) is 18.9 Å². The highest BCUT2D eigenvalue weighted by atomic mass is 19.4. The van der Waals surface area contributed by atoms with Crippen LogP contribution in [-0.2, 0) is 11.0 Å². The topological polar surface area (TPSA) is 41.1 Å². The number of carbonyl (C=O) groups excluding carboxylic acids is 1. The van der Waals surface area contributed by atoms with Gasteiger partial charge in [-0.15, -0.1) is 0 Å². The summed E-state index contributed by atoms with van der Waals surface area (Å²) in [7, 11) is 0. The Bertz CT molecular complexity index is 405. The Labute approximate surface area is 103 Å². The molecule has 2 N–H and O–H groups in total. The van der Waals surface area contributed by atoms with Crippen molar-refractivity contribution in [2.24, 2.45) is 0 Å². The van der Waals surface area contributed by atoms with Crippen LogP contribution < -0.4 is 10.6 Å². The fourth-order valence-electron chi connectivity index (χ4n) is 1.43. The van der Waals surface area contributed by atoms with Gasteiger partial charge >= 0.3 is 6.18 Å². The minimum atomic E-state index is -4.47. The van der Waals surface area contributed by atoms with Crippen LogP contribution >= 0.6 is 0 Å². The van der Waals surface area contributed by atoms with Crippen molar-refractivity contribution in [2.45, 2.75) is 19.5 Å². The maximum atomic E-state index is 12.6. The lowest BCUT2D eigenvalue weighted by Crippen LogP contribution is -2.22. The van der Waals surface area contributed by atoms with E-state index >= 15 is 0 Å². The number of alkyl halides is 3. The maximum absolute atomic E-state index is 12.6. The Kier molecular flexibility index (Phi) is 5.15. The van der Waals surface area contributed by atoms with Crippen LogP contribution in [0.4, 0.5) is 18.9 Å². The van der Waals surface area contributed by atoms with Gasteiger partial charge in [0.15, 0.2) is 0 Å². The highest BCUT2D eigenvalue weighted by Crippen LogP contribution is 2.34. The molecule has 0 spiro atoms. The number of halogens is 3. The van der Waals surface area contributed by atoms with Gasteiger partial charge in [0.25, 0.3) is 0 Å². The summed E-state index contributed by atoms with van der Waals surface area (Å²) in [5.41, 5.74) is -1.03. The predicted molar refractivity (Wildman–Crippen MR) is 63.2 cm³/mol. The van der Waals surface area contributed by atoms with Crippen molar-refractivity contribution >= 4 is 11.6 Å². The van der Waals surface area contributed by atoms with E-state index in [9.17, 15) is 18.0 Å². The average molecular weight is 260 g/mol. The molecule has 0 aliphatic rings. The zero-order valence-electron chi connectivity index (χ0n) is 9.97. The van der Waals surface area contributed by atoms with E-state index < -0.39 is 17.6 Å². The van der Waals surface area contributed by atoms with Gasteiger partial charge < -0.3 is 10.6 Å². The summed E-state index contributed by atoms with van der Waals surface area (Å²) in [6.07, 6.45) is -4.33. The van der Waals surface area contributed by atoms with Gasteiger partial charge in [-0.05, 0) is 18.7 Å². The van der Waals surface area contributed by atoms with Crippen LogP contribution in [0.25, 0.3) is 0 Å². The molecule has 0 bridgehead atoms. The van der Waals surface area contributed by atoms with E-state index in [0.29, 0.717) is 13.1 Å². The largest absolute Gasteiger partial charge is 0.418 e. The van der Waals surface area contributed by atoms with Gasteiger partial charge in [-0.25, -0.2) is 0 Å². The number of benzene rings is 1. The molecule has 6 heteroatoms. The van der Waals surface area contributed by atoms with E-state index in [1.165, 1.54) is 18.2 Å². The number of carbonyl (C=O) groups is 1. The average Bonchev–Trinajstić information content (AvgIpc) is 2.28. The van der Waals surface area contributed by atoms with Gasteiger partial charge in [-0.1, -0.05) is 19.1 Å². The second kappa shape index (κ2) is 6.39. The van der Waals surface area contributed by atoms with Gasteiger partial charge in [-0.2, -0.15) is 13.2 Å². The number of rotatable bonds is 5. The molecule has 0 atom stereocenters. The lowest BCUT2D eigenvalue weighted by Gasteiger charge is -2.13. The molecule has 1 aromatic rings. The number of nitrogens with one attached hydrogen (secondary N) is 2. The van der Waals surface area contributed by atoms with E-state index in [1.807, 2.05) is 6.92 Å². The third-order valence-electron chi connectivity index (χ3n) is 2.29. The molecule has 0 unspecified atom stereocenters. The van der Waals surface area contributed by atoms with Crippen molar-refractivity contribution < 1.29 is 18.0 Å². The minimum Gasteiger partial charge on any atom is -0.325 e. The van der Waals surface area contributed by atoms with Gasteiger partial charge in [0.05, 0.1) is 11.3 Å². The molecule has 0 heterocycles. The zero-order chi connectivity index (χ0) is 13.6. The van der Waals surface area contributed by atoms with Gasteiger partial charge in [0.2, 0.25) is 5.91 Å². The van der Waals surface area contributed by atoms with E-state index in [2.05, 4.69) is 10.6 Å². The summed E-state index contributed by atoms with van der Waals surface area (Å²) in [6.45, 7) is 3.04. The third kappa shape index (κ3) is 4.37. The Balaban J connectivity index is 2.70. The van der Waals surface area contributed by atoms with Gasteiger partial charge in [0, 0.05) is 13.0 Å². The highest BCUT2D eigenvalue weighted by molar-refractivity contribution is 5.91. The Morgan fingerprint density at radius 1 is 1.28 bits per heavy atom. The van der Waals surface area contributed by atoms with E-state index in [1.54, 1.807) is 0 Å². The normalized spacial score (nSPS) is 11.3. The molecule has 0 fully saturated rings. The van der Waals surface area contributed by atoms with Gasteiger partial charge in [-0.3, -0.25) is 4.79 Å². The molecule has 18 heavy (non-hydrogen) atoms. The van der Waals surface area contributed by atoms with E-state index in [-0.39, 0.29) is 12.1 Å². The predicted octanol–water partition coefficient (Wildman–Crippen LogP) is 2.64. The quantitative estimate of drug-likeness (QED) is 0.799. The van der Waals surface area contributed by atoms with Crippen LogP contribution in [-0.4, -0.2) is 19.0 Å². The number of hydrogen-bond acceptors (Lipinski definition) is 2. The lowest BCUT2D eigenvalue weighted by atomic mass is 10.1. The minimum absolute atomic E-state index is 0.139. The molecular weight excluding hydrogens is 245 g/mol. The molecular formula is C12H15F3N2O. The molecule has 3 nitrogen and oxygen atoms in total. The van der Waals surface area contributed by atoms with Crippen molar-refractivity contribution in [3.63, 3.8) is 0 Å². The Morgan fingerprint density at radius 2 is 1.94 bits per heavy atom. The summed E-state index contributed by atoms with van der Waals surface area (Å²) in [6, 6.07) is 4.93. The van der Waals surface area contributed by atoms with Crippen molar-refractivity contribution in [1.29, 1.82) is 0 Å². The molecule has 0 aromatic heterocycles. The molecule has 0 saturated carbocycles. The first-order valence-corrected chi connectivity index (χ1v) is 5.62. The summed E-state index contributed by atoms with van der Waals surface area (Å²) in [5, 5.41) is 5.20. The molecule has 1 amide bonds. The molecule has 0 aliphatic carbocycles. The zero-order valence-corrected chi connectivity index (χ0v) is 9.97. The first kappa shape index (κ1) is 14.5. The summed E-state index contributed by atoms with van der Waals surface area (Å²) < 4.78 is 37.9. The number of amides is 1. The molecule has 1 rings (SSSR count). The Hall–Kier alpha value is -1.56. The third-order valence-corrected chi connectivity index (χ3v) is 2.29. The standard InChI is InChI=1S/C12H15F3N2O/c1-2-16-8-7-11(18)17-10-6-4-3-5-9(10)12(13,14)15/h3-6,16H,2,7-8H2,1H3,(H,17,18). The van der Waals surface area contributed by atoms with Crippen LogP contribution in [0.15, 0.2) is 24.3 Å². The summed E-state index contributed by atoms with van der Waals surface area (Å²) in [5.74, 6) is -0.437. The summed E-state index contributed by atoms with van der Waals surface area (Å²) in [4.78, 5) is 11.4. The molecule has 0 radical (unpaired) electrons. The van der Waals surface area contributed by atoms with Crippen LogP contribution in [0.2, 0.25) is 0 Å². The fraction of sp³-hybridized carbons (Fsp3) is 0.417. The van der Waals surface area contributed by atoms with E-state index in [0.717, 1.165) is 6.07 Å². The molecule has 0 saturated heterocycles. The first-order valence-electron chi connectivity index (χ1n) is 5.62. The smallest absolute Gasteiger partial charge is 0.325 e. The Morgan fingerprint density at radius 3 is 2.56 bits per heavy atom. The van der Waals surface area contributed by atoms with Crippen LogP contribution in [0.5, 0.6) is 0 Å². The molecule has 1 aromatic carbocycles. The van der Waals surface area contributed by atoms with Crippen molar-refractivity contribution in [3.8, 4) is 0 Å². The number of hydrogen-bond donors (Lipinski definition) is 2. The SMILES string of the molecule is CCNCCC(=O)Nc1ccccc1C(F)(F)F. The fourth-order valence-corrected chi connectivity index (χ4v) is 1.43. The lowest BCUT2D eigenvalue weighted by molar-refractivity contribution is -0.137. The second-order valence-corrected chi connectivity index (χ2v) is 3.70. The van der Waals surface area contributed by atoms with Crippen molar-refractivity contribution in [2.75, 3.05) is 18.4 Å². The monoisotopic (exact) mass is 260 g/mol. The van der Waals surface area contributed by atoms with Crippen molar-refractivity contribution in [1.82, 2.24) is 5.32 Å². The second-order valence-electron chi connectivity index (χ2n) is 3.70. The highest BCUT2D eigenvalue weighted by Gasteiger charge is 2.33. The summed E-state index contributed by atoms with van der Waals surface area (Å²) >= 11 is 0. The molecule has 0 aliphatic heterocycles. The van der Waals surface area contributed by atoms with E-state index in [4.69, 9.17) is 0 Å². The molecule has 100 valence electrons. The first-order chi connectivity index (χ1) is 8.45. The maximum Gasteiger partial charge on any atom is 0.418 e. The van der Waals surface area contributed by atoms with Crippen LogP contribution in [0, 0.1) is 0 Å². The van der Waals surface area contributed by atoms with Crippen molar-refractivity contribution in [3.05, 3.63) is 29.8 Å². The number of para-hydroxylation sites is 1. The number of anilines is 1.